The fraction of sp³-hybridized carbons (Fsp3) is 0.273. The molecule has 0 aromatic heterocycles. The molecular formula is C11H13N5O4. The molecule has 0 aliphatic carbocycles. The summed E-state index contributed by atoms with van der Waals surface area (Å²) >= 11 is 0. The van der Waals surface area contributed by atoms with Crippen molar-refractivity contribution < 1.29 is 14.5 Å². The average Bonchev–Trinajstić information content (AvgIpc) is 2.45. The second kappa shape index (κ2) is 5.53. The second-order valence-corrected chi connectivity index (χ2v) is 4.21. The zero-order valence-electron chi connectivity index (χ0n) is 10.5. The van der Waals surface area contributed by atoms with Gasteiger partial charge in [0.05, 0.1) is 11.5 Å². The van der Waals surface area contributed by atoms with Gasteiger partial charge in [0.25, 0.3) is 11.6 Å². The van der Waals surface area contributed by atoms with Gasteiger partial charge < -0.3 is 15.6 Å². The summed E-state index contributed by atoms with van der Waals surface area (Å²) in [5.74, 6) is 4.61. The third-order valence-corrected chi connectivity index (χ3v) is 2.92. The van der Waals surface area contributed by atoms with Crippen LogP contribution in [0.1, 0.15) is 10.4 Å². The number of amides is 2. The van der Waals surface area contributed by atoms with Crippen LogP contribution in [0.25, 0.3) is 0 Å². The molecule has 1 aliphatic rings. The van der Waals surface area contributed by atoms with E-state index in [9.17, 15) is 19.7 Å². The number of hydrogen-bond acceptors (Lipinski definition) is 6. The molecule has 0 radical (unpaired) electrons. The summed E-state index contributed by atoms with van der Waals surface area (Å²) in [6, 6.07) is 3.84. The lowest BCUT2D eigenvalue weighted by Crippen LogP contribution is -2.49. The quantitative estimate of drug-likeness (QED) is 0.386. The number of nitrogens with zero attached hydrogens (tertiary/aromatic N) is 2. The molecule has 0 saturated carbocycles. The molecule has 1 aromatic carbocycles. The lowest BCUT2D eigenvalue weighted by molar-refractivity contribution is -0.384. The SMILES string of the molecule is NNc1cc(C(=O)N2CCNC(=O)C2)ccc1[N+](=O)[O-]. The molecule has 9 heteroatoms. The van der Waals surface area contributed by atoms with Crippen molar-refractivity contribution in [3.8, 4) is 0 Å². The number of carbonyl (C=O) groups is 2. The summed E-state index contributed by atoms with van der Waals surface area (Å²) in [5, 5.41) is 13.4. The maximum Gasteiger partial charge on any atom is 0.293 e. The first-order chi connectivity index (χ1) is 9.52. The highest BCUT2D eigenvalue weighted by atomic mass is 16.6. The fourth-order valence-electron chi connectivity index (χ4n) is 1.94. The average molecular weight is 279 g/mol. The van der Waals surface area contributed by atoms with Gasteiger partial charge in [-0.15, -0.1) is 0 Å². The van der Waals surface area contributed by atoms with Crippen molar-refractivity contribution in [3.63, 3.8) is 0 Å². The van der Waals surface area contributed by atoms with E-state index in [0.29, 0.717) is 13.1 Å². The summed E-state index contributed by atoms with van der Waals surface area (Å²) in [6.45, 7) is 0.758. The Bertz CT molecular complexity index is 574. The van der Waals surface area contributed by atoms with Crippen molar-refractivity contribution in [2.24, 2.45) is 5.84 Å². The van der Waals surface area contributed by atoms with Gasteiger partial charge in [-0.05, 0) is 12.1 Å². The molecule has 1 aliphatic heterocycles. The van der Waals surface area contributed by atoms with Crippen molar-refractivity contribution in [3.05, 3.63) is 33.9 Å². The molecule has 1 aromatic rings. The summed E-state index contributed by atoms with van der Waals surface area (Å²) < 4.78 is 0. The van der Waals surface area contributed by atoms with Crippen LogP contribution in [0.4, 0.5) is 11.4 Å². The third-order valence-electron chi connectivity index (χ3n) is 2.92. The molecule has 0 unspecified atom stereocenters. The molecular weight excluding hydrogens is 266 g/mol. The molecule has 1 heterocycles. The van der Waals surface area contributed by atoms with Gasteiger partial charge >= 0.3 is 0 Å². The monoisotopic (exact) mass is 279 g/mol. The van der Waals surface area contributed by atoms with Crippen molar-refractivity contribution >= 4 is 23.2 Å². The second-order valence-electron chi connectivity index (χ2n) is 4.21. The van der Waals surface area contributed by atoms with E-state index in [4.69, 9.17) is 5.84 Å². The molecule has 2 amide bonds. The van der Waals surface area contributed by atoms with Gasteiger partial charge in [-0.1, -0.05) is 0 Å². The number of nitrogen functional groups attached to an aromatic ring is 1. The Morgan fingerprint density at radius 2 is 2.25 bits per heavy atom. The number of rotatable bonds is 3. The van der Waals surface area contributed by atoms with Gasteiger partial charge in [-0.25, -0.2) is 0 Å². The zero-order chi connectivity index (χ0) is 14.7. The van der Waals surface area contributed by atoms with Gasteiger partial charge in [0.15, 0.2) is 0 Å². The number of nitrogens with two attached hydrogens (primary N) is 1. The molecule has 106 valence electrons. The third kappa shape index (κ3) is 2.67. The van der Waals surface area contributed by atoms with Gasteiger partial charge in [-0.3, -0.25) is 25.5 Å². The molecule has 0 spiro atoms. The Morgan fingerprint density at radius 1 is 1.50 bits per heavy atom. The topological polar surface area (TPSA) is 131 Å². The minimum absolute atomic E-state index is 0.0266. The zero-order valence-corrected chi connectivity index (χ0v) is 10.5. The Morgan fingerprint density at radius 3 is 2.85 bits per heavy atom. The first-order valence-corrected chi connectivity index (χ1v) is 5.84. The van der Waals surface area contributed by atoms with Crippen LogP contribution in [0.2, 0.25) is 0 Å². The van der Waals surface area contributed by atoms with Crippen LogP contribution in [-0.2, 0) is 4.79 Å². The lowest BCUT2D eigenvalue weighted by atomic mass is 10.1. The predicted octanol–water partition coefficient (Wildman–Crippen LogP) is -0.548. The Labute approximate surface area is 113 Å². The van der Waals surface area contributed by atoms with E-state index in [1.807, 2.05) is 0 Å². The molecule has 1 fully saturated rings. The lowest BCUT2D eigenvalue weighted by Gasteiger charge is -2.26. The van der Waals surface area contributed by atoms with Crippen molar-refractivity contribution in [1.82, 2.24) is 10.2 Å². The van der Waals surface area contributed by atoms with Crippen LogP contribution < -0.4 is 16.6 Å². The predicted molar refractivity (Wildman–Crippen MR) is 69.8 cm³/mol. The Kier molecular flexibility index (Phi) is 3.80. The van der Waals surface area contributed by atoms with E-state index in [-0.39, 0.29) is 35.3 Å². The molecule has 4 N–H and O–H groups in total. The minimum atomic E-state index is -0.599. The van der Waals surface area contributed by atoms with Gasteiger partial charge in [-0.2, -0.15) is 0 Å². The Balaban J connectivity index is 2.26. The highest BCUT2D eigenvalue weighted by molar-refractivity contribution is 5.98. The number of nitro benzene ring substituents is 1. The number of nitrogens with one attached hydrogen (secondary N) is 2. The highest BCUT2D eigenvalue weighted by Gasteiger charge is 2.24. The number of benzene rings is 1. The van der Waals surface area contributed by atoms with Crippen LogP contribution >= 0.6 is 0 Å². The number of piperazine rings is 1. The van der Waals surface area contributed by atoms with E-state index in [1.165, 1.54) is 23.1 Å². The normalized spacial score (nSPS) is 14.7. The molecule has 2 rings (SSSR count). The minimum Gasteiger partial charge on any atom is -0.353 e. The molecule has 0 bridgehead atoms. The van der Waals surface area contributed by atoms with E-state index < -0.39 is 4.92 Å². The number of hydrazine groups is 1. The van der Waals surface area contributed by atoms with Crippen LogP contribution in [-0.4, -0.2) is 41.3 Å². The van der Waals surface area contributed by atoms with E-state index in [2.05, 4.69) is 10.7 Å². The van der Waals surface area contributed by atoms with E-state index in [0.717, 1.165) is 0 Å². The number of nitro groups is 1. The standard InChI is InChI=1S/C11H13N5O4/c12-14-8-5-7(1-2-9(8)16(19)20)11(18)15-4-3-13-10(17)6-15/h1-2,5,14H,3-4,6,12H2,(H,13,17). The fourth-order valence-corrected chi connectivity index (χ4v) is 1.94. The first-order valence-electron chi connectivity index (χ1n) is 5.84. The van der Waals surface area contributed by atoms with Gasteiger partial charge in [0.1, 0.15) is 5.69 Å². The van der Waals surface area contributed by atoms with Gasteiger partial charge in [0.2, 0.25) is 5.91 Å². The molecule has 0 atom stereocenters. The number of hydrogen-bond donors (Lipinski definition) is 3. The molecule has 1 saturated heterocycles. The van der Waals surface area contributed by atoms with Crippen LogP contribution in [0.5, 0.6) is 0 Å². The van der Waals surface area contributed by atoms with E-state index >= 15 is 0 Å². The maximum atomic E-state index is 12.2. The summed E-state index contributed by atoms with van der Waals surface area (Å²) in [5.41, 5.74) is 2.25. The smallest absolute Gasteiger partial charge is 0.293 e. The molecule has 9 nitrogen and oxygen atoms in total. The summed E-state index contributed by atoms with van der Waals surface area (Å²) in [6.07, 6.45) is 0. The van der Waals surface area contributed by atoms with Crippen LogP contribution in [0.3, 0.4) is 0 Å². The van der Waals surface area contributed by atoms with Crippen LogP contribution in [0.15, 0.2) is 18.2 Å². The summed E-state index contributed by atoms with van der Waals surface area (Å²) in [4.78, 5) is 35.0. The van der Waals surface area contributed by atoms with Crippen molar-refractivity contribution in [2.75, 3.05) is 25.1 Å². The Hall–Kier alpha value is -2.68. The summed E-state index contributed by atoms with van der Waals surface area (Å²) in [7, 11) is 0. The largest absolute Gasteiger partial charge is 0.353 e. The highest BCUT2D eigenvalue weighted by Crippen LogP contribution is 2.25. The first kappa shape index (κ1) is 13.7. The van der Waals surface area contributed by atoms with Gasteiger partial charge in [0, 0.05) is 24.7 Å². The molecule has 20 heavy (non-hydrogen) atoms. The maximum absolute atomic E-state index is 12.2. The van der Waals surface area contributed by atoms with Crippen molar-refractivity contribution in [2.45, 2.75) is 0 Å². The number of carbonyl (C=O) groups excluding carboxylic acids is 2. The van der Waals surface area contributed by atoms with E-state index in [1.54, 1.807) is 0 Å². The number of anilines is 1. The van der Waals surface area contributed by atoms with Crippen molar-refractivity contribution in [1.29, 1.82) is 0 Å². The van der Waals surface area contributed by atoms with Crippen LogP contribution in [0, 0.1) is 10.1 Å².